The summed E-state index contributed by atoms with van der Waals surface area (Å²) in [6.45, 7) is 0.747. The van der Waals surface area contributed by atoms with E-state index in [1.54, 1.807) is 0 Å². The van der Waals surface area contributed by atoms with Gasteiger partial charge in [0.15, 0.2) is 0 Å². The molecule has 8 heteroatoms. The number of nitrogens with one attached hydrogen (secondary N) is 3. The van der Waals surface area contributed by atoms with E-state index < -0.39 is 0 Å². The molecule has 0 bridgehead atoms. The fourth-order valence-electron chi connectivity index (χ4n) is 3.82. The first-order valence-corrected chi connectivity index (χ1v) is 12.4. The van der Waals surface area contributed by atoms with Crippen LogP contribution < -0.4 is 16.0 Å². The number of thioether (sulfide) groups is 1. The fourth-order valence-corrected chi connectivity index (χ4v) is 5.61. The lowest BCUT2D eigenvalue weighted by Gasteiger charge is -2.16. The Labute approximate surface area is 178 Å². The van der Waals surface area contributed by atoms with E-state index in [2.05, 4.69) is 28.6 Å². The van der Waals surface area contributed by atoms with Crippen molar-refractivity contribution in [3.05, 3.63) is 0 Å². The third-order valence-corrected chi connectivity index (χ3v) is 7.16. The number of fused-ring (bicyclic) bond motifs is 1. The van der Waals surface area contributed by atoms with Crippen molar-refractivity contribution < 1.29 is 14.4 Å². The molecule has 0 unspecified atom stereocenters. The van der Waals surface area contributed by atoms with Gasteiger partial charge in [-0.3, -0.25) is 9.59 Å². The summed E-state index contributed by atoms with van der Waals surface area (Å²) < 4.78 is 0. The van der Waals surface area contributed by atoms with Crippen molar-refractivity contribution in [3.63, 3.8) is 0 Å². The number of thiol groups is 1. The van der Waals surface area contributed by atoms with Gasteiger partial charge in [0, 0.05) is 36.8 Å². The molecule has 0 aliphatic carbocycles. The molecule has 0 aromatic carbocycles. The summed E-state index contributed by atoms with van der Waals surface area (Å²) in [5.41, 5.74) is 0. The van der Waals surface area contributed by atoms with Gasteiger partial charge in [0.25, 0.3) is 0 Å². The molecule has 0 aromatic heterocycles. The van der Waals surface area contributed by atoms with Gasteiger partial charge in [-0.1, -0.05) is 25.7 Å². The zero-order valence-corrected chi connectivity index (χ0v) is 18.4. The zero-order chi connectivity index (χ0) is 20.2. The minimum Gasteiger partial charge on any atom is -0.356 e. The first-order chi connectivity index (χ1) is 13.6. The van der Waals surface area contributed by atoms with Crippen molar-refractivity contribution in [1.82, 2.24) is 16.0 Å². The van der Waals surface area contributed by atoms with E-state index in [4.69, 9.17) is 0 Å². The van der Waals surface area contributed by atoms with Gasteiger partial charge < -0.3 is 16.0 Å². The first-order valence-electron chi connectivity index (χ1n) is 10.7. The highest BCUT2D eigenvalue weighted by molar-refractivity contribution is 8.00. The second kappa shape index (κ2) is 13.4. The van der Waals surface area contributed by atoms with Gasteiger partial charge in [-0.05, 0) is 31.4 Å². The van der Waals surface area contributed by atoms with Crippen LogP contribution in [0.25, 0.3) is 0 Å². The van der Waals surface area contributed by atoms with E-state index in [1.807, 2.05) is 11.8 Å². The largest absolute Gasteiger partial charge is 0.356 e. The van der Waals surface area contributed by atoms with Crippen LogP contribution in [-0.2, 0) is 9.59 Å². The van der Waals surface area contributed by atoms with Gasteiger partial charge in [-0.2, -0.15) is 24.4 Å². The Kier molecular flexibility index (Phi) is 11.2. The van der Waals surface area contributed by atoms with Crippen LogP contribution in [0.5, 0.6) is 0 Å². The second-order valence-electron chi connectivity index (χ2n) is 7.75. The molecule has 6 nitrogen and oxygen atoms in total. The highest BCUT2D eigenvalue weighted by Crippen LogP contribution is 2.33. The molecule has 2 saturated heterocycles. The van der Waals surface area contributed by atoms with Crippen LogP contribution in [0, 0.1) is 0 Å². The molecule has 3 N–H and O–H groups in total. The highest BCUT2D eigenvalue weighted by atomic mass is 32.2. The van der Waals surface area contributed by atoms with E-state index in [-0.39, 0.29) is 24.0 Å². The van der Waals surface area contributed by atoms with E-state index >= 15 is 0 Å². The monoisotopic (exact) mass is 429 g/mol. The zero-order valence-electron chi connectivity index (χ0n) is 16.7. The number of urea groups is 1. The molecule has 2 aliphatic rings. The highest BCUT2D eigenvalue weighted by Gasteiger charge is 2.42. The minimum absolute atomic E-state index is 0.0401. The fraction of sp³-hybridized carbons (Fsp3) is 0.850. The second-order valence-corrected chi connectivity index (χ2v) is 9.47. The number of hydrogen-bond acceptors (Lipinski definition) is 5. The van der Waals surface area contributed by atoms with Gasteiger partial charge in [0.1, 0.15) is 5.78 Å². The normalized spacial score (nSPS) is 23.2. The predicted molar refractivity (Wildman–Crippen MR) is 118 cm³/mol. The Bertz CT molecular complexity index is 519. The lowest BCUT2D eigenvalue weighted by atomic mass is 10.0. The molecular formula is C20H35N3O3S2. The van der Waals surface area contributed by atoms with Crippen molar-refractivity contribution in [2.24, 2.45) is 0 Å². The molecule has 2 heterocycles. The van der Waals surface area contributed by atoms with Gasteiger partial charge in [0.2, 0.25) is 5.91 Å². The number of ketones is 1. The van der Waals surface area contributed by atoms with Crippen LogP contribution in [-0.4, -0.2) is 53.1 Å². The molecule has 2 aliphatic heterocycles. The molecular weight excluding hydrogens is 394 g/mol. The van der Waals surface area contributed by atoms with Gasteiger partial charge >= 0.3 is 6.03 Å². The Balaban J connectivity index is 1.37. The first kappa shape index (κ1) is 23.4. The summed E-state index contributed by atoms with van der Waals surface area (Å²) in [5.74, 6) is 2.10. The van der Waals surface area contributed by atoms with Gasteiger partial charge in [-0.25, -0.2) is 4.79 Å². The topological polar surface area (TPSA) is 87.3 Å². The Hall–Kier alpha value is -0.890. The maximum absolute atomic E-state index is 11.9. The molecule has 160 valence electrons. The Morgan fingerprint density at radius 3 is 2.57 bits per heavy atom. The van der Waals surface area contributed by atoms with E-state index in [9.17, 15) is 14.4 Å². The SMILES string of the molecule is O=C(CCS)CCCCCCCNC(=O)CCCC[C@@H]1SC[C@@H]2NC(=O)N[C@@H]21. The predicted octanol–water partition coefficient (Wildman–Crippen LogP) is 3.06. The average Bonchev–Trinajstić information content (AvgIpc) is 3.20. The van der Waals surface area contributed by atoms with Crippen molar-refractivity contribution in [3.8, 4) is 0 Å². The van der Waals surface area contributed by atoms with Crippen LogP contribution in [0.15, 0.2) is 0 Å². The van der Waals surface area contributed by atoms with Crippen molar-refractivity contribution >= 4 is 42.1 Å². The molecule has 2 rings (SSSR count). The number of hydrogen-bond donors (Lipinski definition) is 4. The van der Waals surface area contributed by atoms with Crippen molar-refractivity contribution in [1.29, 1.82) is 0 Å². The quantitative estimate of drug-likeness (QED) is 0.183. The number of carbonyl (C=O) groups excluding carboxylic acids is 3. The Morgan fingerprint density at radius 2 is 1.75 bits per heavy atom. The van der Waals surface area contributed by atoms with Crippen LogP contribution in [0.3, 0.4) is 0 Å². The summed E-state index contributed by atoms with van der Waals surface area (Å²) in [7, 11) is 0. The lowest BCUT2D eigenvalue weighted by molar-refractivity contribution is -0.121. The number of Topliss-reactive ketones (excluding diaryl/α,β-unsaturated/α-hetero) is 1. The smallest absolute Gasteiger partial charge is 0.315 e. The molecule has 28 heavy (non-hydrogen) atoms. The standard InChI is InChI=1S/C20H35N3O3S2/c24-15(11-13-27)8-4-2-1-3-7-12-21-18(25)10-6-5-9-17-19-16(14-28-17)22-20(26)23-19/h16-17,19,27H,1-14H2,(H,21,25)(H2,22,23,26)/t16-,17-,19-/m0/s1. The maximum atomic E-state index is 11.9. The molecule has 3 amide bonds. The van der Waals surface area contributed by atoms with Crippen LogP contribution in [0.1, 0.15) is 70.6 Å². The molecule has 0 radical (unpaired) electrons. The van der Waals surface area contributed by atoms with Crippen molar-refractivity contribution in [2.45, 2.75) is 88.0 Å². The summed E-state index contributed by atoms with van der Waals surface area (Å²) in [5, 5.41) is 9.44. The number of unbranched alkanes of at least 4 members (excludes halogenated alkanes) is 5. The van der Waals surface area contributed by atoms with E-state index in [1.165, 1.54) is 0 Å². The number of amides is 3. The van der Waals surface area contributed by atoms with Crippen molar-refractivity contribution in [2.75, 3.05) is 18.1 Å². The number of carbonyl (C=O) groups is 3. The molecule has 0 aromatic rings. The van der Waals surface area contributed by atoms with Gasteiger partial charge in [-0.15, -0.1) is 0 Å². The van der Waals surface area contributed by atoms with Gasteiger partial charge in [0.05, 0.1) is 12.1 Å². The molecule has 3 atom stereocenters. The maximum Gasteiger partial charge on any atom is 0.315 e. The third-order valence-electron chi connectivity index (χ3n) is 5.43. The minimum atomic E-state index is -0.0401. The van der Waals surface area contributed by atoms with Crippen LogP contribution in [0.2, 0.25) is 0 Å². The van der Waals surface area contributed by atoms with E-state index in [0.717, 1.165) is 63.7 Å². The Morgan fingerprint density at radius 1 is 1.00 bits per heavy atom. The lowest BCUT2D eigenvalue weighted by Crippen LogP contribution is -2.36. The summed E-state index contributed by atoms with van der Waals surface area (Å²) >= 11 is 5.99. The summed E-state index contributed by atoms with van der Waals surface area (Å²) in [6.07, 6.45) is 10.1. The molecule has 0 saturated carbocycles. The van der Waals surface area contributed by atoms with Crippen LogP contribution in [0.4, 0.5) is 4.79 Å². The molecule has 0 spiro atoms. The summed E-state index contributed by atoms with van der Waals surface area (Å²) in [4.78, 5) is 34.7. The summed E-state index contributed by atoms with van der Waals surface area (Å²) in [6, 6.07) is 0.494. The molecule has 2 fully saturated rings. The number of rotatable bonds is 15. The van der Waals surface area contributed by atoms with Crippen LogP contribution >= 0.6 is 24.4 Å². The average molecular weight is 430 g/mol. The third kappa shape index (κ3) is 8.64. The van der Waals surface area contributed by atoms with E-state index in [0.29, 0.717) is 36.0 Å².